The molecule has 0 unspecified atom stereocenters. The van der Waals surface area contributed by atoms with Gasteiger partial charge in [0.05, 0.1) is 0 Å². The summed E-state index contributed by atoms with van der Waals surface area (Å²) in [6.45, 7) is 4.95. The minimum absolute atomic E-state index is 0.311. The Balaban J connectivity index is 1.94. The van der Waals surface area contributed by atoms with Gasteiger partial charge in [-0.1, -0.05) is 32.1 Å². The highest BCUT2D eigenvalue weighted by Crippen LogP contribution is 2.24. The number of urea groups is 1. The Morgan fingerprint density at radius 2 is 1.56 bits per heavy atom. The molecule has 2 amide bonds. The standard InChI is InChI=1S/C15H28N2O/c1-2-17(14-10-6-5-7-11-14)15(18)16-12-8-3-4-9-13-16/h14H,2-13H2,1H3. The van der Waals surface area contributed by atoms with E-state index < -0.39 is 0 Å². The van der Waals surface area contributed by atoms with Gasteiger partial charge in [-0.3, -0.25) is 0 Å². The van der Waals surface area contributed by atoms with Gasteiger partial charge < -0.3 is 9.80 Å². The zero-order chi connectivity index (χ0) is 12.8. The van der Waals surface area contributed by atoms with Crippen molar-refractivity contribution in [2.24, 2.45) is 0 Å². The maximum absolute atomic E-state index is 12.6. The topological polar surface area (TPSA) is 23.6 Å². The van der Waals surface area contributed by atoms with E-state index in [0.717, 1.165) is 19.6 Å². The Morgan fingerprint density at radius 1 is 1.00 bits per heavy atom. The van der Waals surface area contributed by atoms with Crippen molar-refractivity contribution in [2.45, 2.75) is 70.8 Å². The smallest absolute Gasteiger partial charge is 0.320 e. The first-order valence-electron chi connectivity index (χ1n) is 7.88. The van der Waals surface area contributed by atoms with Crippen LogP contribution >= 0.6 is 0 Å². The first-order chi connectivity index (χ1) is 8.83. The Bertz CT molecular complexity index is 253. The van der Waals surface area contributed by atoms with Crippen molar-refractivity contribution < 1.29 is 4.79 Å². The van der Waals surface area contributed by atoms with E-state index in [1.807, 2.05) is 0 Å². The van der Waals surface area contributed by atoms with Crippen LogP contribution in [0.4, 0.5) is 4.79 Å². The van der Waals surface area contributed by atoms with Crippen molar-refractivity contribution in [2.75, 3.05) is 19.6 Å². The summed E-state index contributed by atoms with van der Waals surface area (Å²) in [6.07, 6.45) is 11.3. The molecule has 0 radical (unpaired) electrons. The molecule has 3 nitrogen and oxygen atoms in total. The molecule has 1 saturated heterocycles. The van der Waals surface area contributed by atoms with Crippen molar-refractivity contribution in [1.82, 2.24) is 9.80 Å². The lowest BCUT2D eigenvalue weighted by Gasteiger charge is -2.37. The number of nitrogens with zero attached hydrogens (tertiary/aromatic N) is 2. The molecule has 0 N–H and O–H groups in total. The van der Waals surface area contributed by atoms with Crippen LogP contribution in [0.15, 0.2) is 0 Å². The second-order valence-electron chi connectivity index (χ2n) is 5.76. The van der Waals surface area contributed by atoms with Crippen molar-refractivity contribution >= 4 is 6.03 Å². The lowest BCUT2D eigenvalue weighted by atomic mass is 9.94. The largest absolute Gasteiger partial charge is 0.325 e. The maximum atomic E-state index is 12.6. The number of amides is 2. The summed E-state index contributed by atoms with van der Waals surface area (Å²) >= 11 is 0. The Hall–Kier alpha value is -0.730. The van der Waals surface area contributed by atoms with Crippen LogP contribution in [-0.4, -0.2) is 41.5 Å². The van der Waals surface area contributed by atoms with Crippen LogP contribution in [0, 0.1) is 0 Å². The third-order valence-corrected chi connectivity index (χ3v) is 4.48. The van der Waals surface area contributed by atoms with E-state index in [1.54, 1.807) is 0 Å². The van der Waals surface area contributed by atoms with Crippen LogP contribution in [0.5, 0.6) is 0 Å². The third kappa shape index (κ3) is 3.39. The Kier molecular flexibility index (Phi) is 5.33. The van der Waals surface area contributed by atoms with Crippen molar-refractivity contribution in [3.05, 3.63) is 0 Å². The van der Waals surface area contributed by atoms with Gasteiger partial charge in [0.25, 0.3) is 0 Å². The van der Waals surface area contributed by atoms with Crippen LogP contribution in [-0.2, 0) is 0 Å². The van der Waals surface area contributed by atoms with Crippen LogP contribution in [0.2, 0.25) is 0 Å². The van der Waals surface area contributed by atoms with E-state index >= 15 is 0 Å². The highest BCUT2D eigenvalue weighted by atomic mass is 16.2. The lowest BCUT2D eigenvalue weighted by molar-refractivity contribution is 0.124. The summed E-state index contributed by atoms with van der Waals surface area (Å²) in [5, 5.41) is 0. The van der Waals surface area contributed by atoms with Crippen molar-refractivity contribution in [3.63, 3.8) is 0 Å². The molecule has 1 aliphatic heterocycles. The van der Waals surface area contributed by atoms with E-state index in [4.69, 9.17) is 0 Å². The van der Waals surface area contributed by atoms with Gasteiger partial charge in [-0.15, -0.1) is 0 Å². The van der Waals surface area contributed by atoms with E-state index in [-0.39, 0.29) is 0 Å². The summed E-state index contributed by atoms with van der Waals surface area (Å²) < 4.78 is 0. The molecule has 0 spiro atoms. The van der Waals surface area contributed by atoms with Gasteiger partial charge >= 0.3 is 6.03 Å². The molecule has 104 valence electrons. The highest BCUT2D eigenvalue weighted by molar-refractivity contribution is 5.74. The van der Waals surface area contributed by atoms with Crippen molar-refractivity contribution in [3.8, 4) is 0 Å². The van der Waals surface area contributed by atoms with Gasteiger partial charge in [-0.05, 0) is 32.6 Å². The number of carbonyl (C=O) groups excluding carboxylic acids is 1. The number of rotatable bonds is 2. The third-order valence-electron chi connectivity index (χ3n) is 4.48. The summed E-state index contributed by atoms with van der Waals surface area (Å²) in [5.41, 5.74) is 0. The normalized spacial score (nSPS) is 22.6. The summed E-state index contributed by atoms with van der Waals surface area (Å²) in [5.74, 6) is 0. The number of likely N-dealkylation sites (tertiary alicyclic amines) is 1. The molecule has 2 aliphatic rings. The fourth-order valence-corrected chi connectivity index (χ4v) is 3.39. The van der Waals surface area contributed by atoms with Gasteiger partial charge in [0.15, 0.2) is 0 Å². The van der Waals surface area contributed by atoms with Gasteiger partial charge in [0, 0.05) is 25.7 Å². The monoisotopic (exact) mass is 252 g/mol. The number of carbonyl (C=O) groups is 1. The lowest BCUT2D eigenvalue weighted by Crippen LogP contribution is -2.49. The predicted molar refractivity (Wildman–Crippen MR) is 74.7 cm³/mol. The second-order valence-corrected chi connectivity index (χ2v) is 5.76. The second kappa shape index (κ2) is 7.01. The molecular weight excluding hydrogens is 224 g/mol. The number of hydrogen-bond donors (Lipinski definition) is 0. The van der Waals surface area contributed by atoms with E-state index in [0.29, 0.717) is 12.1 Å². The SMILES string of the molecule is CCN(C(=O)N1CCCCCC1)C1CCCCC1. The minimum atomic E-state index is 0.311. The molecule has 1 saturated carbocycles. The first kappa shape index (κ1) is 13.7. The van der Waals surface area contributed by atoms with E-state index in [2.05, 4.69) is 16.7 Å². The van der Waals surface area contributed by atoms with Crippen LogP contribution in [0.1, 0.15) is 64.7 Å². The Labute approximate surface area is 112 Å². The maximum Gasteiger partial charge on any atom is 0.320 e. The summed E-state index contributed by atoms with van der Waals surface area (Å²) in [7, 11) is 0. The molecule has 1 heterocycles. The van der Waals surface area contributed by atoms with Crippen molar-refractivity contribution in [1.29, 1.82) is 0 Å². The van der Waals surface area contributed by atoms with Gasteiger partial charge in [0.2, 0.25) is 0 Å². The quantitative estimate of drug-likeness (QED) is 0.736. The summed E-state index contributed by atoms with van der Waals surface area (Å²) in [4.78, 5) is 16.9. The molecule has 0 aromatic heterocycles. The molecular formula is C15H28N2O. The average Bonchev–Trinajstić information content (AvgIpc) is 2.69. The first-order valence-corrected chi connectivity index (χ1v) is 7.88. The van der Waals surface area contributed by atoms with Crippen LogP contribution < -0.4 is 0 Å². The fourth-order valence-electron chi connectivity index (χ4n) is 3.39. The predicted octanol–water partition coefficient (Wildman–Crippen LogP) is 3.64. The fraction of sp³-hybridized carbons (Fsp3) is 0.933. The average molecular weight is 252 g/mol. The van der Waals surface area contributed by atoms with Crippen LogP contribution in [0.25, 0.3) is 0 Å². The van der Waals surface area contributed by atoms with Gasteiger partial charge in [-0.25, -0.2) is 4.79 Å². The highest BCUT2D eigenvalue weighted by Gasteiger charge is 2.27. The molecule has 3 heteroatoms. The number of hydrogen-bond acceptors (Lipinski definition) is 1. The zero-order valence-corrected chi connectivity index (χ0v) is 11.9. The van der Waals surface area contributed by atoms with Gasteiger partial charge in [0.1, 0.15) is 0 Å². The van der Waals surface area contributed by atoms with Crippen LogP contribution in [0.3, 0.4) is 0 Å². The molecule has 2 rings (SSSR count). The van der Waals surface area contributed by atoms with E-state index in [1.165, 1.54) is 57.8 Å². The molecule has 1 aliphatic carbocycles. The minimum Gasteiger partial charge on any atom is -0.325 e. The Morgan fingerprint density at radius 3 is 2.11 bits per heavy atom. The molecule has 0 aromatic rings. The molecule has 18 heavy (non-hydrogen) atoms. The molecule has 0 atom stereocenters. The van der Waals surface area contributed by atoms with Gasteiger partial charge in [-0.2, -0.15) is 0 Å². The van der Waals surface area contributed by atoms with E-state index in [9.17, 15) is 4.79 Å². The molecule has 2 fully saturated rings. The molecule has 0 aromatic carbocycles. The molecule has 0 bridgehead atoms. The summed E-state index contributed by atoms with van der Waals surface area (Å²) in [6, 6.07) is 0.825. The zero-order valence-electron chi connectivity index (χ0n) is 11.9.